The molecule has 1 spiro atoms. The first-order valence-corrected chi connectivity index (χ1v) is 11.4. The first-order valence-electron chi connectivity index (χ1n) is 9.66. The van der Waals surface area contributed by atoms with E-state index in [1.165, 1.54) is 10.4 Å². The summed E-state index contributed by atoms with van der Waals surface area (Å²) < 4.78 is 6.24. The number of carbonyl (C=O) groups excluding carboxylic acids is 1. The normalized spacial score (nSPS) is 18.0. The number of thiazole rings is 1. The van der Waals surface area contributed by atoms with Crippen molar-refractivity contribution >= 4 is 41.0 Å². The second kappa shape index (κ2) is 8.79. The fraction of sp³-hybridized carbons (Fsp3) is 0.600. The lowest BCUT2D eigenvalue weighted by atomic mass is 9.83. The maximum atomic E-state index is 13.0. The standard InChI is InChI=1S/C20H27N3O2S2.ClH/c1-13(2)18-22-14(12-26-18)11-23(3)19(24)17-10-15-16(27-17)4-9-25-20(15)5-7-21-8-6-20;/h10,12-13,21H,4-9,11H2,1-3H3;1H. The number of thiophene rings is 1. The van der Waals surface area contributed by atoms with E-state index in [1.54, 1.807) is 27.6 Å². The van der Waals surface area contributed by atoms with Crippen LogP contribution in [0.25, 0.3) is 0 Å². The van der Waals surface area contributed by atoms with Crippen LogP contribution in [0.4, 0.5) is 0 Å². The van der Waals surface area contributed by atoms with Crippen molar-refractivity contribution in [3.63, 3.8) is 0 Å². The number of hydrogen-bond donors (Lipinski definition) is 1. The summed E-state index contributed by atoms with van der Waals surface area (Å²) in [5, 5.41) is 6.61. The lowest BCUT2D eigenvalue weighted by Crippen LogP contribution is -2.44. The monoisotopic (exact) mass is 441 g/mol. The zero-order valence-corrected chi connectivity index (χ0v) is 19.1. The predicted octanol–water partition coefficient (Wildman–Crippen LogP) is 4.17. The van der Waals surface area contributed by atoms with Crippen LogP contribution in [0.3, 0.4) is 0 Å². The third-order valence-electron chi connectivity index (χ3n) is 5.44. The van der Waals surface area contributed by atoms with Crippen molar-refractivity contribution in [1.82, 2.24) is 15.2 Å². The van der Waals surface area contributed by atoms with Crippen LogP contribution in [-0.4, -0.2) is 42.5 Å². The van der Waals surface area contributed by atoms with Crippen LogP contribution in [0, 0.1) is 0 Å². The number of nitrogens with one attached hydrogen (secondary N) is 1. The van der Waals surface area contributed by atoms with Gasteiger partial charge in [0.1, 0.15) is 0 Å². The average Bonchev–Trinajstić information content (AvgIpc) is 3.30. The van der Waals surface area contributed by atoms with E-state index in [0.29, 0.717) is 12.5 Å². The Morgan fingerprint density at radius 2 is 2.14 bits per heavy atom. The van der Waals surface area contributed by atoms with Crippen LogP contribution in [0.15, 0.2) is 11.4 Å². The summed E-state index contributed by atoms with van der Waals surface area (Å²) in [5.41, 5.74) is 2.04. The molecule has 154 valence electrons. The lowest BCUT2D eigenvalue weighted by Gasteiger charge is -2.40. The molecule has 4 rings (SSSR count). The number of nitrogens with zero attached hydrogens (tertiary/aromatic N) is 2. The molecule has 0 aliphatic carbocycles. The second-order valence-electron chi connectivity index (χ2n) is 7.78. The minimum Gasteiger partial charge on any atom is -0.370 e. The van der Waals surface area contributed by atoms with Crippen molar-refractivity contribution in [1.29, 1.82) is 0 Å². The van der Waals surface area contributed by atoms with E-state index < -0.39 is 0 Å². The maximum Gasteiger partial charge on any atom is 0.264 e. The molecule has 0 radical (unpaired) electrons. The fourth-order valence-electron chi connectivity index (χ4n) is 3.93. The first kappa shape index (κ1) is 21.7. The summed E-state index contributed by atoms with van der Waals surface area (Å²) in [6.07, 6.45) is 2.88. The summed E-state index contributed by atoms with van der Waals surface area (Å²) in [4.78, 5) is 21.6. The Balaban J connectivity index is 0.00000225. The molecular formula is C20H28ClN3O2S2. The summed E-state index contributed by atoms with van der Waals surface area (Å²) >= 11 is 3.33. The highest BCUT2D eigenvalue weighted by Crippen LogP contribution is 2.43. The minimum absolute atomic E-state index is 0. The fourth-order valence-corrected chi connectivity index (χ4v) is 5.98. The van der Waals surface area contributed by atoms with Crippen LogP contribution in [0.1, 0.15) is 63.4 Å². The van der Waals surface area contributed by atoms with E-state index in [9.17, 15) is 4.79 Å². The van der Waals surface area contributed by atoms with E-state index >= 15 is 0 Å². The van der Waals surface area contributed by atoms with Gasteiger partial charge in [-0.15, -0.1) is 35.1 Å². The Kier molecular flexibility index (Phi) is 6.82. The molecule has 1 saturated heterocycles. The SMILES string of the molecule is CC(C)c1nc(CN(C)C(=O)c2cc3c(s2)CCOC32CCNCC2)cs1.Cl. The highest BCUT2D eigenvalue weighted by atomic mass is 35.5. The number of rotatable bonds is 4. The molecule has 1 N–H and O–H groups in total. The Morgan fingerprint density at radius 3 is 2.82 bits per heavy atom. The van der Waals surface area contributed by atoms with E-state index in [1.807, 2.05) is 7.05 Å². The molecule has 28 heavy (non-hydrogen) atoms. The van der Waals surface area contributed by atoms with Crippen molar-refractivity contribution in [2.45, 2.75) is 51.2 Å². The van der Waals surface area contributed by atoms with Crippen LogP contribution >= 0.6 is 35.1 Å². The van der Waals surface area contributed by atoms with Gasteiger partial charge in [0.15, 0.2) is 0 Å². The maximum absolute atomic E-state index is 13.0. The Morgan fingerprint density at radius 1 is 1.39 bits per heavy atom. The van der Waals surface area contributed by atoms with Gasteiger partial charge in [-0.05, 0) is 37.6 Å². The van der Waals surface area contributed by atoms with Gasteiger partial charge in [0.05, 0.1) is 34.3 Å². The molecule has 0 unspecified atom stereocenters. The number of fused-ring (bicyclic) bond motifs is 2. The summed E-state index contributed by atoms with van der Waals surface area (Å²) in [5.74, 6) is 0.507. The van der Waals surface area contributed by atoms with Gasteiger partial charge in [0.25, 0.3) is 5.91 Å². The van der Waals surface area contributed by atoms with Crippen LogP contribution in [0.2, 0.25) is 0 Å². The Hall–Kier alpha value is -0.990. The third-order valence-corrected chi connectivity index (χ3v) is 7.82. The zero-order valence-electron chi connectivity index (χ0n) is 16.6. The highest BCUT2D eigenvalue weighted by Gasteiger charge is 2.40. The molecule has 2 aliphatic rings. The van der Waals surface area contributed by atoms with Crippen LogP contribution in [0.5, 0.6) is 0 Å². The average molecular weight is 442 g/mol. The number of ether oxygens (including phenoxy) is 1. The predicted molar refractivity (Wildman–Crippen MR) is 117 cm³/mol. The number of piperidine rings is 1. The van der Waals surface area contributed by atoms with Crippen molar-refractivity contribution in [3.8, 4) is 0 Å². The highest BCUT2D eigenvalue weighted by molar-refractivity contribution is 7.14. The van der Waals surface area contributed by atoms with E-state index in [0.717, 1.165) is 54.5 Å². The van der Waals surface area contributed by atoms with Gasteiger partial charge in [-0.1, -0.05) is 13.8 Å². The number of hydrogen-bond acceptors (Lipinski definition) is 6. The van der Waals surface area contributed by atoms with Crippen molar-refractivity contribution < 1.29 is 9.53 Å². The van der Waals surface area contributed by atoms with E-state index in [4.69, 9.17) is 4.74 Å². The zero-order chi connectivity index (χ0) is 19.0. The number of amides is 1. The van der Waals surface area contributed by atoms with Crippen molar-refractivity contribution in [3.05, 3.63) is 37.5 Å². The second-order valence-corrected chi connectivity index (χ2v) is 9.81. The topological polar surface area (TPSA) is 54.5 Å². The van der Waals surface area contributed by atoms with Gasteiger partial charge < -0.3 is 15.0 Å². The van der Waals surface area contributed by atoms with E-state index in [2.05, 4.69) is 35.6 Å². The number of halogens is 1. The Bertz CT molecular complexity index is 827. The van der Waals surface area contributed by atoms with Gasteiger partial charge in [-0.25, -0.2) is 4.98 Å². The summed E-state index contributed by atoms with van der Waals surface area (Å²) in [6.45, 7) is 7.55. The van der Waals surface area contributed by atoms with Gasteiger partial charge in [0, 0.05) is 29.6 Å². The molecule has 1 amide bonds. The van der Waals surface area contributed by atoms with Gasteiger partial charge in [-0.3, -0.25) is 4.79 Å². The molecule has 1 fully saturated rings. The molecule has 0 saturated carbocycles. The Labute approximate surface area is 180 Å². The van der Waals surface area contributed by atoms with E-state index in [-0.39, 0.29) is 23.9 Å². The first-order chi connectivity index (χ1) is 13.0. The molecule has 5 nitrogen and oxygen atoms in total. The van der Waals surface area contributed by atoms with Crippen LogP contribution < -0.4 is 5.32 Å². The van der Waals surface area contributed by atoms with Crippen LogP contribution in [-0.2, 0) is 23.3 Å². The molecule has 2 aromatic heterocycles. The molecule has 4 heterocycles. The number of carbonyl (C=O) groups is 1. The van der Waals surface area contributed by atoms with Gasteiger partial charge >= 0.3 is 0 Å². The molecule has 2 aliphatic heterocycles. The summed E-state index contributed by atoms with van der Waals surface area (Å²) in [7, 11) is 1.87. The van der Waals surface area contributed by atoms with Gasteiger partial charge in [-0.2, -0.15) is 0 Å². The van der Waals surface area contributed by atoms with Crippen molar-refractivity contribution in [2.75, 3.05) is 26.7 Å². The molecule has 0 aromatic carbocycles. The molecule has 2 aromatic rings. The molecular weight excluding hydrogens is 414 g/mol. The van der Waals surface area contributed by atoms with Gasteiger partial charge in [0.2, 0.25) is 0 Å². The smallest absolute Gasteiger partial charge is 0.264 e. The summed E-state index contributed by atoms with van der Waals surface area (Å²) in [6, 6.07) is 2.10. The minimum atomic E-state index is -0.187. The largest absolute Gasteiger partial charge is 0.370 e. The third kappa shape index (κ3) is 4.14. The molecule has 0 bridgehead atoms. The molecule has 8 heteroatoms. The number of aromatic nitrogens is 1. The lowest BCUT2D eigenvalue weighted by molar-refractivity contribution is -0.0792. The quantitative estimate of drug-likeness (QED) is 0.773. The van der Waals surface area contributed by atoms with Crippen molar-refractivity contribution in [2.24, 2.45) is 0 Å². The molecule has 0 atom stereocenters.